The van der Waals surface area contributed by atoms with E-state index in [0.29, 0.717) is 18.4 Å². The van der Waals surface area contributed by atoms with Crippen LogP contribution in [0.4, 0.5) is 9.59 Å². The number of hydrogen-bond acceptors (Lipinski definition) is 8. The fraction of sp³-hybridized carbons (Fsp3) is 0.474. The zero-order valence-corrected chi connectivity index (χ0v) is 30.9. The Morgan fingerprint density at radius 3 is 2.14 bits per heavy atom. The highest BCUT2D eigenvalue weighted by molar-refractivity contribution is 7.09. The minimum absolute atomic E-state index is 0.0299. The molecule has 11 heteroatoms. The fourth-order valence-corrected chi connectivity index (χ4v) is 7.15. The number of urea groups is 1. The molecule has 3 amide bonds. The van der Waals surface area contributed by atoms with Crippen molar-refractivity contribution >= 4 is 34.8 Å². The molecule has 3 atom stereocenters. The van der Waals surface area contributed by atoms with Crippen LogP contribution in [0, 0.1) is 5.92 Å². The second-order valence-corrected chi connectivity index (χ2v) is 14.9. The quantitative estimate of drug-likeness (QED) is 0.0867. The normalized spacial score (nSPS) is 13.1. The van der Waals surface area contributed by atoms with E-state index in [1.807, 2.05) is 43.7 Å². The Hall–Kier alpha value is -3.80. The summed E-state index contributed by atoms with van der Waals surface area (Å²) in [6.45, 7) is 5.77. The van der Waals surface area contributed by atoms with Crippen molar-refractivity contribution in [2.45, 2.75) is 89.9 Å². The lowest BCUT2D eigenvalue weighted by Gasteiger charge is -2.26. The number of nitrogens with one attached hydrogen (secondary N) is 3. The molecule has 0 aliphatic carbocycles. The lowest BCUT2D eigenvalue weighted by molar-refractivity contribution is 0.135. The number of amides is 3. The first-order chi connectivity index (χ1) is 23.8. The predicted molar refractivity (Wildman–Crippen MR) is 200 cm³/mol. The maximum atomic E-state index is 13.3. The fourth-order valence-electron chi connectivity index (χ4n) is 5.82. The van der Waals surface area contributed by atoms with Crippen LogP contribution in [-0.2, 0) is 30.7 Å². The number of alkyl carbamates (subject to hydrolysis) is 1. The molecule has 4 aromatic rings. The van der Waals surface area contributed by atoms with E-state index < -0.39 is 6.09 Å². The Balaban J connectivity index is 1.39. The topological polar surface area (TPSA) is 108 Å². The number of carbonyl (C=O) groups is 2. The van der Waals surface area contributed by atoms with Crippen molar-refractivity contribution in [3.63, 3.8) is 0 Å². The van der Waals surface area contributed by atoms with Gasteiger partial charge in [-0.25, -0.2) is 14.6 Å². The molecule has 2 heterocycles. The van der Waals surface area contributed by atoms with Crippen LogP contribution in [0.25, 0.3) is 0 Å². The molecule has 9 nitrogen and oxygen atoms in total. The Labute approximate surface area is 299 Å². The lowest BCUT2D eigenvalue weighted by atomic mass is 9.86. The van der Waals surface area contributed by atoms with Gasteiger partial charge < -0.3 is 25.6 Å². The molecule has 0 aliphatic rings. The van der Waals surface area contributed by atoms with Gasteiger partial charge in [0.1, 0.15) is 6.61 Å². The molecule has 0 spiro atoms. The first kappa shape index (κ1) is 38.0. The highest BCUT2D eigenvalue weighted by atomic mass is 32.1. The smallest absolute Gasteiger partial charge is 0.407 e. The SMILES string of the molecule is CNCCC(CCC(CCC(Cc1ccccc1)NC(=O)OCc1cncs1)Cc1ccccc1)NC(=O)N(C)Cc1csc(C(C)C)n1. The largest absolute Gasteiger partial charge is 0.444 e. The monoisotopic (exact) mass is 704 g/mol. The predicted octanol–water partition coefficient (Wildman–Crippen LogP) is 7.80. The Bertz CT molecular complexity index is 1500. The van der Waals surface area contributed by atoms with E-state index in [1.54, 1.807) is 27.9 Å². The minimum Gasteiger partial charge on any atom is -0.444 e. The van der Waals surface area contributed by atoms with Crippen molar-refractivity contribution in [3.05, 3.63) is 104 Å². The van der Waals surface area contributed by atoms with Crippen LogP contribution < -0.4 is 16.0 Å². The van der Waals surface area contributed by atoms with Crippen molar-refractivity contribution in [1.29, 1.82) is 0 Å². The van der Waals surface area contributed by atoms with E-state index in [4.69, 9.17) is 9.72 Å². The van der Waals surface area contributed by atoms with Crippen molar-refractivity contribution in [3.8, 4) is 0 Å². The molecule has 2 aromatic carbocycles. The van der Waals surface area contributed by atoms with Gasteiger partial charge in [0.25, 0.3) is 0 Å². The minimum atomic E-state index is -0.411. The van der Waals surface area contributed by atoms with Crippen molar-refractivity contribution in [1.82, 2.24) is 30.8 Å². The van der Waals surface area contributed by atoms with Gasteiger partial charge in [-0.1, -0.05) is 74.5 Å². The van der Waals surface area contributed by atoms with Crippen molar-refractivity contribution < 1.29 is 14.3 Å². The highest BCUT2D eigenvalue weighted by Crippen LogP contribution is 2.24. The molecular weight excluding hydrogens is 653 g/mol. The summed E-state index contributed by atoms with van der Waals surface area (Å²) in [7, 11) is 3.78. The third-order valence-corrected chi connectivity index (χ3v) is 10.5. The first-order valence-electron chi connectivity index (χ1n) is 17.3. The third kappa shape index (κ3) is 13.9. The molecule has 3 unspecified atom stereocenters. The zero-order chi connectivity index (χ0) is 34.8. The third-order valence-electron chi connectivity index (χ3n) is 8.57. The molecule has 264 valence electrons. The van der Waals surface area contributed by atoms with Crippen molar-refractivity contribution in [2.24, 2.45) is 5.92 Å². The van der Waals surface area contributed by atoms with E-state index >= 15 is 0 Å². The Morgan fingerprint density at radius 1 is 0.857 bits per heavy atom. The number of rotatable bonds is 20. The van der Waals surface area contributed by atoms with Crippen molar-refractivity contribution in [2.75, 3.05) is 20.6 Å². The average Bonchev–Trinajstić information content (AvgIpc) is 3.81. The lowest BCUT2D eigenvalue weighted by Crippen LogP contribution is -2.44. The number of aromatic nitrogens is 2. The van der Waals surface area contributed by atoms with E-state index in [1.165, 1.54) is 22.5 Å². The molecule has 0 aliphatic heterocycles. The molecule has 2 aromatic heterocycles. The van der Waals surface area contributed by atoms with Crippen LogP contribution in [0.15, 0.2) is 77.8 Å². The van der Waals surface area contributed by atoms with E-state index in [-0.39, 0.29) is 24.7 Å². The highest BCUT2D eigenvalue weighted by Gasteiger charge is 2.22. The van der Waals surface area contributed by atoms with Gasteiger partial charge in [0.2, 0.25) is 0 Å². The van der Waals surface area contributed by atoms with Gasteiger partial charge >= 0.3 is 12.1 Å². The van der Waals surface area contributed by atoms with Gasteiger partial charge in [-0.15, -0.1) is 22.7 Å². The van der Waals surface area contributed by atoms with Gasteiger partial charge in [-0.3, -0.25) is 4.98 Å². The zero-order valence-electron chi connectivity index (χ0n) is 29.3. The van der Waals surface area contributed by atoms with Crippen LogP contribution in [0.2, 0.25) is 0 Å². The maximum Gasteiger partial charge on any atom is 0.407 e. The Kier molecular flexibility index (Phi) is 16.0. The van der Waals surface area contributed by atoms with Crippen LogP contribution in [0.3, 0.4) is 0 Å². The molecule has 0 fully saturated rings. The summed E-state index contributed by atoms with van der Waals surface area (Å²) in [6.07, 6.45) is 7.35. The number of ether oxygens (including phenoxy) is 1. The summed E-state index contributed by atoms with van der Waals surface area (Å²) < 4.78 is 5.55. The Morgan fingerprint density at radius 2 is 1.53 bits per heavy atom. The summed E-state index contributed by atoms with van der Waals surface area (Å²) in [5.74, 6) is 0.743. The summed E-state index contributed by atoms with van der Waals surface area (Å²) in [6, 6.07) is 20.7. The molecule has 0 bridgehead atoms. The van der Waals surface area contributed by atoms with Gasteiger partial charge in [0.15, 0.2) is 0 Å². The van der Waals surface area contributed by atoms with Gasteiger partial charge in [-0.05, 0) is 75.6 Å². The molecule has 4 rings (SSSR count). The number of nitrogens with zero attached hydrogens (tertiary/aromatic N) is 3. The van der Waals surface area contributed by atoms with E-state index in [9.17, 15) is 9.59 Å². The summed E-state index contributed by atoms with van der Waals surface area (Å²) in [5.41, 5.74) is 5.13. The molecular formula is C38H52N6O3S2. The number of thiazole rings is 2. The molecule has 0 saturated heterocycles. The van der Waals surface area contributed by atoms with Gasteiger partial charge in [-0.2, -0.15) is 0 Å². The summed E-state index contributed by atoms with van der Waals surface area (Å²) in [4.78, 5) is 37.6. The summed E-state index contributed by atoms with van der Waals surface area (Å²) >= 11 is 3.12. The second kappa shape index (κ2) is 20.7. The molecule has 49 heavy (non-hydrogen) atoms. The second-order valence-electron chi connectivity index (χ2n) is 13.0. The van der Waals surface area contributed by atoms with Crippen LogP contribution in [0.5, 0.6) is 0 Å². The molecule has 0 saturated carbocycles. The molecule has 3 N–H and O–H groups in total. The summed E-state index contributed by atoms with van der Waals surface area (Å²) in [5, 5.41) is 12.9. The van der Waals surface area contributed by atoms with Gasteiger partial charge in [0, 0.05) is 36.6 Å². The molecule has 0 radical (unpaired) electrons. The number of hydrogen-bond donors (Lipinski definition) is 3. The van der Waals surface area contributed by atoms with Gasteiger partial charge in [0.05, 0.1) is 27.6 Å². The average molecular weight is 705 g/mol. The van der Waals surface area contributed by atoms with E-state index in [2.05, 4.69) is 71.2 Å². The van der Waals surface area contributed by atoms with Crippen LogP contribution in [-0.4, -0.2) is 59.7 Å². The first-order valence-corrected chi connectivity index (χ1v) is 19.0. The van der Waals surface area contributed by atoms with Crippen LogP contribution >= 0.6 is 22.7 Å². The number of benzene rings is 2. The standard InChI is InChI=1S/C38H52N6O3S2/c1-28(2)36-41-34(26-48-36)24-44(4)37(45)42-32(19-20-39-3)17-15-31(21-29-11-7-5-8-12-29)16-18-33(22-30-13-9-6-10-14-30)43-38(46)47-25-35-23-40-27-49-35/h5-14,23,26-28,31-33,39H,15-22,24-25H2,1-4H3,(H,42,45)(H,43,46). The van der Waals surface area contributed by atoms with Crippen LogP contribution in [0.1, 0.15) is 78.6 Å². The maximum absolute atomic E-state index is 13.3. The number of carbonyl (C=O) groups excluding carboxylic acids is 2. The van der Waals surface area contributed by atoms with E-state index in [0.717, 1.165) is 67.1 Å².